The van der Waals surface area contributed by atoms with E-state index in [-0.39, 0.29) is 24.4 Å². The number of aromatic nitrogens is 2. The Bertz CT molecular complexity index is 1420. The molecule has 2 fully saturated rings. The molecule has 2 unspecified atom stereocenters. The van der Waals surface area contributed by atoms with Crippen LogP contribution >= 0.6 is 0 Å². The van der Waals surface area contributed by atoms with Crippen LogP contribution in [0.3, 0.4) is 0 Å². The monoisotopic (exact) mass is 554 g/mol. The van der Waals surface area contributed by atoms with Crippen molar-refractivity contribution in [1.29, 1.82) is 0 Å². The van der Waals surface area contributed by atoms with Crippen molar-refractivity contribution < 1.29 is 27.9 Å². The molecule has 0 radical (unpaired) electrons. The summed E-state index contributed by atoms with van der Waals surface area (Å²) in [5, 5.41) is 12.2. The number of hydrogen-bond acceptors (Lipinski definition) is 6. The molecule has 1 saturated heterocycles. The highest BCUT2D eigenvalue weighted by Crippen LogP contribution is 2.60. The van der Waals surface area contributed by atoms with Gasteiger partial charge in [-0.25, -0.2) is 18.3 Å². The summed E-state index contributed by atoms with van der Waals surface area (Å²) in [7, 11) is 3.27. The normalized spacial score (nSPS) is 21.9. The summed E-state index contributed by atoms with van der Waals surface area (Å²) in [5.74, 6) is -1.48. The minimum Gasteiger partial charge on any atom is -0.466 e. The zero-order valence-electron chi connectivity index (χ0n) is 22.8. The van der Waals surface area contributed by atoms with E-state index < -0.39 is 29.2 Å². The van der Waals surface area contributed by atoms with Crippen molar-refractivity contribution >= 4 is 17.8 Å². The maximum absolute atomic E-state index is 14.0. The van der Waals surface area contributed by atoms with Crippen LogP contribution in [0.2, 0.25) is 0 Å². The molecule has 3 amide bonds. The van der Waals surface area contributed by atoms with Crippen LogP contribution in [-0.4, -0.2) is 71.5 Å². The highest BCUT2D eigenvalue weighted by atomic mass is 19.2. The first-order chi connectivity index (χ1) is 19.1. The second kappa shape index (κ2) is 10.9. The van der Waals surface area contributed by atoms with Gasteiger partial charge in [0, 0.05) is 38.6 Å². The zero-order valence-corrected chi connectivity index (χ0v) is 22.8. The summed E-state index contributed by atoms with van der Waals surface area (Å²) >= 11 is 0. The molecule has 12 heteroatoms. The van der Waals surface area contributed by atoms with E-state index in [0.29, 0.717) is 42.1 Å². The lowest BCUT2D eigenvalue weighted by Crippen LogP contribution is -2.36. The molecule has 2 aromatic carbocycles. The molecule has 40 heavy (non-hydrogen) atoms. The van der Waals surface area contributed by atoms with Gasteiger partial charge in [0.25, 0.3) is 5.91 Å². The Morgan fingerprint density at radius 3 is 2.60 bits per heavy atom. The van der Waals surface area contributed by atoms with E-state index in [2.05, 4.69) is 15.7 Å². The maximum Gasteiger partial charge on any atom is 0.320 e. The number of anilines is 1. The number of halogens is 2. The number of hydrogen-bond donors (Lipinski definition) is 2. The van der Waals surface area contributed by atoms with Gasteiger partial charge in [0.05, 0.1) is 11.3 Å². The fraction of sp³-hybridized carbons (Fsp3) is 0.393. The number of urea groups is 1. The Morgan fingerprint density at radius 2 is 1.93 bits per heavy atom. The largest absolute Gasteiger partial charge is 0.466 e. The number of amides is 3. The van der Waals surface area contributed by atoms with Gasteiger partial charge in [0.2, 0.25) is 5.88 Å². The molecule has 5 rings (SSSR count). The predicted molar refractivity (Wildman–Crippen MR) is 143 cm³/mol. The van der Waals surface area contributed by atoms with E-state index in [9.17, 15) is 18.4 Å². The summed E-state index contributed by atoms with van der Waals surface area (Å²) in [6.45, 7) is 4.64. The van der Waals surface area contributed by atoms with Crippen molar-refractivity contribution in [3.05, 3.63) is 71.3 Å². The topological polar surface area (TPSA) is 101 Å². The third-order valence-corrected chi connectivity index (χ3v) is 7.41. The molecule has 2 aliphatic rings. The molecule has 2 N–H and O–H groups in total. The Balaban J connectivity index is 1.35. The van der Waals surface area contributed by atoms with Gasteiger partial charge >= 0.3 is 6.03 Å². The van der Waals surface area contributed by atoms with E-state index in [1.54, 1.807) is 30.8 Å². The summed E-state index contributed by atoms with van der Waals surface area (Å²) in [6, 6.07) is 12.3. The number of hydroxylamine groups is 2. The molecule has 10 nitrogen and oxygen atoms in total. The molecule has 1 spiro atoms. The fourth-order valence-electron chi connectivity index (χ4n) is 5.01. The fourth-order valence-corrected chi connectivity index (χ4v) is 5.01. The number of para-hydroxylation sites is 1. The van der Waals surface area contributed by atoms with Gasteiger partial charge in [-0.05, 0) is 43.2 Å². The van der Waals surface area contributed by atoms with Crippen LogP contribution in [-0.2, 0) is 9.63 Å². The van der Waals surface area contributed by atoms with Crippen molar-refractivity contribution in [1.82, 2.24) is 25.1 Å². The quantitative estimate of drug-likeness (QED) is 0.439. The molecule has 3 atom stereocenters. The van der Waals surface area contributed by atoms with Crippen molar-refractivity contribution in [3.63, 3.8) is 0 Å². The molecular weight excluding hydrogens is 522 g/mol. The molecule has 0 bridgehead atoms. The first-order valence-corrected chi connectivity index (χ1v) is 13.0. The molecule has 2 heterocycles. The predicted octanol–water partition coefficient (Wildman–Crippen LogP) is 3.81. The number of nitrogens with one attached hydrogen (secondary N) is 2. The van der Waals surface area contributed by atoms with Gasteiger partial charge in [0.1, 0.15) is 11.9 Å². The standard InChI is InChI=1S/C28H32F2N6O4/c1-5-35-16-28(24(40-35)18-11-12-20(29)21(30)13-18)14-22(28)31-27(38)32-25-17(2)26(39-15-23(37)34(3)4)33-36(25)19-9-7-6-8-10-19/h6-13,22,24H,5,14-16H2,1-4H3,(H2,31,32,38)/t22-,24?,28?/m0/s1. The summed E-state index contributed by atoms with van der Waals surface area (Å²) in [4.78, 5) is 32.8. The summed E-state index contributed by atoms with van der Waals surface area (Å²) < 4.78 is 34.8. The Labute approximate surface area is 230 Å². The van der Waals surface area contributed by atoms with Crippen LogP contribution in [0.25, 0.3) is 5.69 Å². The smallest absolute Gasteiger partial charge is 0.320 e. The van der Waals surface area contributed by atoms with Crippen LogP contribution in [0.5, 0.6) is 5.88 Å². The van der Waals surface area contributed by atoms with Crippen molar-refractivity contribution in [3.8, 4) is 11.6 Å². The van der Waals surface area contributed by atoms with Crippen LogP contribution in [0.4, 0.5) is 19.4 Å². The molecule has 1 saturated carbocycles. The molecule has 3 aromatic rings. The van der Waals surface area contributed by atoms with Gasteiger partial charge in [-0.3, -0.25) is 14.9 Å². The summed E-state index contributed by atoms with van der Waals surface area (Å²) in [5.41, 5.74) is 1.29. The molecule has 1 aromatic heterocycles. The second-order valence-electron chi connectivity index (χ2n) is 10.3. The van der Waals surface area contributed by atoms with E-state index in [1.807, 2.05) is 37.3 Å². The number of benzene rings is 2. The second-order valence-corrected chi connectivity index (χ2v) is 10.3. The lowest BCUT2D eigenvalue weighted by atomic mass is 9.92. The van der Waals surface area contributed by atoms with E-state index >= 15 is 0 Å². The number of ether oxygens (including phenoxy) is 1. The number of likely N-dealkylation sites (N-methyl/N-ethyl adjacent to an activating group) is 1. The Morgan fingerprint density at radius 1 is 1.18 bits per heavy atom. The first-order valence-electron chi connectivity index (χ1n) is 13.0. The minimum absolute atomic E-state index is 0.199. The van der Waals surface area contributed by atoms with Gasteiger partial charge < -0.3 is 15.0 Å². The van der Waals surface area contributed by atoms with E-state index in [1.165, 1.54) is 11.0 Å². The first kappa shape index (κ1) is 27.5. The van der Waals surface area contributed by atoms with Crippen LogP contribution in [0.1, 0.15) is 30.6 Å². The van der Waals surface area contributed by atoms with Crippen molar-refractivity contribution in [2.75, 3.05) is 39.1 Å². The van der Waals surface area contributed by atoms with Gasteiger partial charge in [0.15, 0.2) is 18.2 Å². The molecular formula is C28H32F2N6O4. The lowest BCUT2D eigenvalue weighted by molar-refractivity contribution is -0.146. The highest BCUT2D eigenvalue weighted by molar-refractivity contribution is 5.90. The average Bonchev–Trinajstić information content (AvgIpc) is 3.32. The Hall–Kier alpha value is -4.03. The van der Waals surface area contributed by atoms with Crippen LogP contribution < -0.4 is 15.4 Å². The molecule has 1 aliphatic heterocycles. The zero-order chi connectivity index (χ0) is 28.6. The average molecular weight is 555 g/mol. The number of carbonyl (C=O) groups excluding carboxylic acids is 2. The van der Waals surface area contributed by atoms with Gasteiger partial charge in [-0.15, -0.1) is 5.10 Å². The van der Waals surface area contributed by atoms with Crippen molar-refractivity contribution in [2.45, 2.75) is 32.4 Å². The summed E-state index contributed by atoms with van der Waals surface area (Å²) in [6.07, 6.45) is 0.0806. The SMILES string of the molecule is CCN1CC2(C[C@@H]2NC(=O)Nc2c(C)c(OCC(=O)N(C)C)nn2-c2ccccc2)C(c2ccc(F)c(F)c2)O1. The van der Waals surface area contributed by atoms with Crippen molar-refractivity contribution in [2.24, 2.45) is 5.41 Å². The number of carbonyl (C=O) groups is 2. The van der Waals surface area contributed by atoms with Crippen LogP contribution in [0, 0.1) is 24.0 Å². The molecule has 1 aliphatic carbocycles. The highest BCUT2D eigenvalue weighted by Gasteiger charge is 2.65. The minimum atomic E-state index is -0.941. The van der Waals surface area contributed by atoms with Crippen LogP contribution in [0.15, 0.2) is 48.5 Å². The van der Waals surface area contributed by atoms with Gasteiger partial charge in [-0.2, -0.15) is 5.06 Å². The van der Waals surface area contributed by atoms with E-state index in [0.717, 1.165) is 12.1 Å². The molecule has 212 valence electrons. The number of nitrogens with zero attached hydrogens (tertiary/aromatic N) is 4. The third kappa shape index (κ3) is 5.24. The third-order valence-electron chi connectivity index (χ3n) is 7.41. The van der Waals surface area contributed by atoms with Gasteiger partial charge in [-0.1, -0.05) is 31.2 Å². The number of rotatable bonds is 8. The van der Waals surface area contributed by atoms with E-state index in [4.69, 9.17) is 9.57 Å². The Kier molecular flexibility index (Phi) is 7.47. The maximum atomic E-state index is 14.0. The lowest BCUT2D eigenvalue weighted by Gasteiger charge is -2.19.